The fourth-order valence-electron chi connectivity index (χ4n) is 2.22. The van der Waals surface area contributed by atoms with Crippen LogP contribution in [0.1, 0.15) is 22.3 Å². The Kier molecular flexibility index (Phi) is 5.89. The van der Waals surface area contributed by atoms with Crippen LogP contribution >= 0.6 is 0 Å². The van der Waals surface area contributed by atoms with E-state index in [4.69, 9.17) is 10.8 Å². The molecular weight excluding hydrogens is 344 g/mol. The quantitative estimate of drug-likeness (QED) is 0.737. The predicted octanol–water partition coefficient (Wildman–Crippen LogP) is 1.45. The molecule has 2 aromatic rings. The monoisotopic (exact) mass is 362 g/mol. The normalized spacial score (nSPS) is 11.4. The molecule has 0 spiro atoms. The van der Waals surface area contributed by atoms with Gasteiger partial charge in [0.2, 0.25) is 15.9 Å². The van der Waals surface area contributed by atoms with E-state index in [2.05, 4.69) is 0 Å². The predicted molar refractivity (Wildman–Crippen MR) is 91.3 cm³/mol. The van der Waals surface area contributed by atoms with Crippen molar-refractivity contribution in [3.63, 3.8) is 0 Å². The van der Waals surface area contributed by atoms with Gasteiger partial charge in [0.05, 0.1) is 10.5 Å². The first-order valence-corrected chi connectivity index (χ1v) is 8.90. The summed E-state index contributed by atoms with van der Waals surface area (Å²) in [7, 11) is -3.90. The van der Waals surface area contributed by atoms with Crippen LogP contribution in [0, 0.1) is 0 Å². The van der Waals surface area contributed by atoms with Gasteiger partial charge in [0.25, 0.3) is 0 Å². The van der Waals surface area contributed by atoms with Crippen molar-refractivity contribution in [1.82, 2.24) is 4.31 Å². The summed E-state index contributed by atoms with van der Waals surface area (Å²) in [6.45, 7) is 0.0182. The maximum absolute atomic E-state index is 12.9. The molecule has 0 aliphatic rings. The lowest BCUT2D eigenvalue weighted by Gasteiger charge is -2.22. The lowest BCUT2D eigenvalue weighted by molar-refractivity contribution is -0.118. The van der Waals surface area contributed by atoms with Crippen LogP contribution in [-0.4, -0.2) is 36.3 Å². The standard InChI is InChI=1S/C17H18N2O5S/c18-16(20)10-11-19(12-13-4-2-1-3-5-13)25(23,24)15-8-6-14(7-9-15)17(21)22/h1-9H,10-12H2,(H2,18,20)(H,21,22). The number of nitrogens with zero attached hydrogens (tertiary/aromatic N) is 1. The van der Waals surface area contributed by atoms with Gasteiger partial charge in [0.1, 0.15) is 0 Å². The number of benzene rings is 2. The fraction of sp³-hybridized carbons (Fsp3) is 0.176. The maximum Gasteiger partial charge on any atom is 0.335 e. The lowest BCUT2D eigenvalue weighted by Crippen LogP contribution is -2.33. The fourth-order valence-corrected chi connectivity index (χ4v) is 3.65. The zero-order chi connectivity index (χ0) is 18.4. The van der Waals surface area contributed by atoms with Gasteiger partial charge in [0.15, 0.2) is 0 Å². The molecule has 2 aromatic carbocycles. The van der Waals surface area contributed by atoms with E-state index in [0.29, 0.717) is 0 Å². The topological polar surface area (TPSA) is 118 Å². The molecule has 132 valence electrons. The second kappa shape index (κ2) is 7.91. The summed E-state index contributed by atoms with van der Waals surface area (Å²) in [6, 6.07) is 13.9. The highest BCUT2D eigenvalue weighted by Gasteiger charge is 2.25. The van der Waals surface area contributed by atoms with E-state index in [1.54, 1.807) is 24.3 Å². The van der Waals surface area contributed by atoms with Crippen molar-refractivity contribution in [2.24, 2.45) is 5.73 Å². The molecule has 3 N–H and O–H groups in total. The Bertz CT molecular complexity index is 848. The summed E-state index contributed by atoms with van der Waals surface area (Å²) >= 11 is 0. The lowest BCUT2D eigenvalue weighted by atomic mass is 10.2. The van der Waals surface area contributed by atoms with E-state index in [-0.39, 0.29) is 30.0 Å². The molecule has 0 saturated heterocycles. The number of rotatable bonds is 8. The molecule has 0 heterocycles. The summed E-state index contributed by atoms with van der Waals surface area (Å²) in [5, 5.41) is 8.92. The largest absolute Gasteiger partial charge is 0.478 e. The number of aromatic carboxylic acids is 1. The molecule has 0 unspecified atom stereocenters. The van der Waals surface area contributed by atoms with Crippen molar-refractivity contribution in [3.05, 3.63) is 65.7 Å². The van der Waals surface area contributed by atoms with Crippen molar-refractivity contribution in [1.29, 1.82) is 0 Å². The van der Waals surface area contributed by atoms with Crippen molar-refractivity contribution in [2.75, 3.05) is 6.54 Å². The number of carboxylic acid groups (broad SMARTS) is 1. The molecule has 0 aliphatic carbocycles. The van der Waals surface area contributed by atoms with Crippen molar-refractivity contribution < 1.29 is 23.1 Å². The van der Waals surface area contributed by atoms with Gasteiger partial charge in [0, 0.05) is 19.5 Å². The number of nitrogens with two attached hydrogens (primary N) is 1. The molecule has 0 aliphatic heterocycles. The summed E-state index contributed by atoms with van der Waals surface area (Å²) in [4.78, 5) is 21.9. The van der Waals surface area contributed by atoms with Gasteiger partial charge in [-0.05, 0) is 29.8 Å². The Morgan fingerprint density at radius 3 is 2.12 bits per heavy atom. The highest BCUT2D eigenvalue weighted by Crippen LogP contribution is 2.19. The molecule has 7 nitrogen and oxygen atoms in total. The van der Waals surface area contributed by atoms with E-state index in [1.165, 1.54) is 24.3 Å². The second-order valence-electron chi connectivity index (χ2n) is 5.37. The van der Waals surface area contributed by atoms with Gasteiger partial charge < -0.3 is 10.8 Å². The van der Waals surface area contributed by atoms with Crippen molar-refractivity contribution in [2.45, 2.75) is 17.9 Å². The Morgan fingerprint density at radius 1 is 1.00 bits per heavy atom. The molecule has 0 radical (unpaired) electrons. The first kappa shape index (κ1) is 18.6. The van der Waals surface area contributed by atoms with Crippen LogP contribution in [0.3, 0.4) is 0 Å². The van der Waals surface area contributed by atoms with E-state index in [0.717, 1.165) is 9.87 Å². The minimum absolute atomic E-state index is 0.00862. The molecule has 0 aromatic heterocycles. The average molecular weight is 362 g/mol. The highest BCUT2D eigenvalue weighted by atomic mass is 32.2. The van der Waals surface area contributed by atoms with Gasteiger partial charge in [-0.25, -0.2) is 13.2 Å². The minimum Gasteiger partial charge on any atom is -0.478 e. The van der Waals surface area contributed by atoms with E-state index in [1.807, 2.05) is 6.07 Å². The third-order valence-electron chi connectivity index (χ3n) is 3.55. The van der Waals surface area contributed by atoms with Crippen LogP contribution in [0.2, 0.25) is 0 Å². The highest BCUT2D eigenvalue weighted by molar-refractivity contribution is 7.89. The molecule has 0 saturated carbocycles. The number of carbonyl (C=O) groups is 2. The SMILES string of the molecule is NC(=O)CCN(Cc1ccccc1)S(=O)(=O)c1ccc(C(=O)O)cc1. The van der Waals surface area contributed by atoms with Gasteiger partial charge >= 0.3 is 5.97 Å². The smallest absolute Gasteiger partial charge is 0.335 e. The molecule has 0 atom stereocenters. The van der Waals surface area contributed by atoms with E-state index >= 15 is 0 Å². The summed E-state index contributed by atoms with van der Waals surface area (Å²) in [5.74, 6) is -1.74. The molecule has 0 bridgehead atoms. The van der Waals surface area contributed by atoms with Crippen molar-refractivity contribution >= 4 is 21.9 Å². The van der Waals surface area contributed by atoms with Crippen LogP contribution < -0.4 is 5.73 Å². The Morgan fingerprint density at radius 2 is 1.60 bits per heavy atom. The summed E-state index contributed by atoms with van der Waals surface area (Å²) in [6.07, 6.45) is -0.112. The number of sulfonamides is 1. The number of carbonyl (C=O) groups excluding carboxylic acids is 1. The third-order valence-corrected chi connectivity index (χ3v) is 5.41. The zero-order valence-electron chi connectivity index (χ0n) is 13.3. The number of hydrogen-bond donors (Lipinski definition) is 2. The zero-order valence-corrected chi connectivity index (χ0v) is 14.1. The summed E-state index contributed by atoms with van der Waals surface area (Å²) < 4.78 is 26.9. The van der Waals surface area contributed by atoms with Crippen LogP contribution in [0.25, 0.3) is 0 Å². The van der Waals surface area contributed by atoms with E-state index < -0.39 is 21.9 Å². The molecule has 2 rings (SSSR count). The first-order chi connectivity index (χ1) is 11.8. The number of primary amides is 1. The van der Waals surface area contributed by atoms with Gasteiger partial charge in [-0.15, -0.1) is 0 Å². The van der Waals surface area contributed by atoms with Gasteiger partial charge in [-0.3, -0.25) is 4.79 Å². The van der Waals surface area contributed by atoms with Crippen LogP contribution in [0.15, 0.2) is 59.5 Å². The van der Waals surface area contributed by atoms with Crippen LogP contribution in [-0.2, 0) is 21.4 Å². The molecule has 1 amide bonds. The average Bonchev–Trinajstić information content (AvgIpc) is 2.59. The van der Waals surface area contributed by atoms with Crippen molar-refractivity contribution in [3.8, 4) is 0 Å². The number of hydrogen-bond acceptors (Lipinski definition) is 4. The summed E-state index contributed by atoms with van der Waals surface area (Å²) in [5.41, 5.74) is 5.90. The maximum atomic E-state index is 12.9. The third kappa shape index (κ3) is 4.88. The van der Waals surface area contributed by atoms with Gasteiger partial charge in [-0.2, -0.15) is 4.31 Å². The Hall–Kier alpha value is -2.71. The second-order valence-corrected chi connectivity index (χ2v) is 7.31. The first-order valence-electron chi connectivity index (χ1n) is 7.46. The Labute approximate surface area is 145 Å². The molecular formula is C17H18N2O5S. The molecule has 25 heavy (non-hydrogen) atoms. The minimum atomic E-state index is -3.90. The molecule has 8 heteroatoms. The number of amides is 1. The van der Waals surface area contributed by atoms with Crippen LogP contribution in [0.5, 0.6) is 0 Å². The van der Waals surface area contributed by atoms with E-state index in [9.17, 15) is 18.0 Å². The van der Waals surface area contributed by atoms with Crippen LogP contribution in [0.4, 0.5) is 0 Å². The number of carboxylic acids is 1. The van der Waals surface area contributed by atoms with Gasteiger partial charge in [-0.1, -0.05) is 30.3 Å². The Balaban J connectivity index is 2.32. The molecule has 0 fully saturated rings.